The molecule has 2 aromatic carbocycles. The van der Waals surface area contributed by atoms with Gasteiger partial charge in [-0.3, -0.25) is 4.79 Å². The molecule has 0 aliphatic heterocycles. The summed E-state index contributed by atoms with van der Waals surface area (Å²) in [6.07, 6.45) is 0.916. The molecular formula is C20H22N2O. The number of nitrogens with one attached hydrogen (secondary N) is 2. The van der Waals surface area contributed by atoms with Gasteiger partial charge in [0.1, 0.15) is 5.69 Å². The molecular weight excluding hydrogens is 284 g/mol. The number of H-pyrrole nitrogens is 1. The predicted molar refractivity (Wildman–Crippen MR) is 97.2 cm³/mol. The van der Waals surface area contributed by atoms with E-state index in [-0.39, 0.29) is 5.56 Å². The van der Waals surface area contributed by atoms with Crippen LogP contribution in [0.25, 0.3) is 10.8 Å². The quantitative estimate of drug-likeness (QED) is 0.754. The van der Waals surface area contributed by atoms with Gasteiger partial charge >= 0.3 is 0 Å². The lowest BCUT2D eigenvalue weighted by Crippen LogP contribution is -2.18. The maximum Gasteiger partial charge on any atom is 0.271 e. The number of benzene rings is 2. The van der Waals surface area contributed by atoms with Gasteiger partial charge < -0.3 is 10.3 Å². The SMILES string of the molecule is CCc1c(C)[nH]c(=O)c(NCc2ccc3ccccc3c2)c1C. The van der Waals surface area contributed by atoms with E-state index in [1.165, 1.54) is 21.9 Å². The molecule has 3 heteroatoms. The second kappa shape index (κ2) is 6.29. The molecule has 0 saturated heterocycles. The highest BCUT2D eigenvalue weighted by atomic mass is 16.1. The maximum atomic E-state index is 12.2. The van der Waals surface area contributed by atoms with Crippen molar-refractivity contribution >= 4 is 16.5 Å². The second-order valence-electron chi connectivity index (χ2n) is 5.95. The third-order valence-electron chi connectivity index (χ3n) is 4.45. The van der Waals surface area contributed by atoms with Gasteiger partial charge in [0.15, 0.2) is 0 Å². The lowest BCUT2D eigenvalue weighted by Gasteiger charge is -2.14. The monoisotopic (exact) mass is 306 g/mol. The van der Waals surface area contributed by atoms with Gasteiger partial charge in [-0.2, -0.15) is 0 Å². The molecule has 0 atom stereocenters. The van der Waals surface area contributed by atoms with Crippen molar-refractivity contribution in [2.24, 2.45) is 0 Å². The fraction of sp³-hybridized carbons (Fsp3) is 0.250. The summed E-state index contributed by atoms with van der Waals surface area (Å²) in [5.74, 6) is 0. The molecule has 1 aromatic heterocycles. The molecule has 23 heavy (non-hydrogen) atoms. The Kier molecular flexibility index (Phi) is 4.20. The molecule has 0 bridgehead atoms. The van der Waals surface area contributed by atoms with Gasteiger partial charge in [0.2, 0.25) is 0 Å². The van der Waals surface area contributed by atoms with Crippen molar-refractivity contribution in [1.82, 2.24) is 4.98 Å². The zero-order valence-corrected chi connectivity index (χ0v) is 13.9. The van der Waals surface area contributed by atoms with Crippen LogP contribution < -0.4 is 10.9 Å². The van der Waals surface area contributed by atoms with E-state index in [4.69, 9.17) is 0 Å². The fourth-order valence-corrected chi connectivity index (χ4v) is 3.19. The summed E-state index contributed by atoms with van der Waals surface area (Å²) in [5.41, 5.74) is 5.03. The molecule has 0 radical (unpaired) electrons. The smallest absolute Gasteiger partial charge is 0.271 e. The summed E-state index contributed by atoms with van der Waals surface area (Å²) < 4.78 is 0. The molecule has 3 aromatic rings. The molecule has 0 amide bonds. The normalized spacial score (nSPS) is 10.9. The average molecular weight is 306 g/mol. The Bertz CT molecular complexity index is 909. The number of aryl methyl sites for hydroxylation is 1. The number of rotatable bonds is 4. The number of hydrogen-bond donors (Lipinski definition) is 2. The zero-order chi connectivity index (χ0) is 16.4. The van der Waals surface area contributed by atoms with Crippen molar-refractivity contribution < 1.29 is 0 Å². The van der Waals surface area contributed by atoms with Crippen LogP contribution in [0, 0.1) is 13.8 Å². The second-order valence-corrected chi connectivity index (χ2v) is 5.95. The van der Waals surface area contributed by atoms with Crippen LogP contribution in [0.15, 0.2) is 47.3 Å². The highest BCUT2D eigenvalue weighted by molar-refractivity contribution is 5.83. The van der Waals surface area contributed by atoms with E-state index in [9.17, 15) is 4.79 Å². The van der Waals surface area contributed by atoms with Crippen LogP contribution in [0.5, 0.6) is 0 Å². The zero-order valence-electron chi connectivity index (χ0n) is 13.9. The third-order valence-corrected chi connectivity index (χ3v) is 4.45. The first-order valence-corrected chi connectivity index (χ1v) is 8.04. The Labute approximate surface area is 136 Å². The van der Waals surface area contributed by atoms with Crippen LogP contribution in [-0.2, 0) is 13.0 Å². The van der Waals surface area contributed by atoms with Crippen molar-refractivity contribution in [2.75, 3.05) is 5.32 Å². The number of aromatic amines is 1. The first-order valence-electron chi connectivity index (χ1n) is 8.04. The van der Waals surface area contributed by atoms with E-state index in [2.05, 4.69) is 47.6 Å². The number of anilines is 1. The number of pyridine rings is 1. The minimum atomic E-state index is -0.0435. The van der Waals surface area contributed by atoms with Crippen LogP contribution in [0.4, 0.5) is 5.69 Å². The van der Waals surface area contributed by atoms with Crippen LogP contribution in [0.3, 0.4) is 0 Å². The Balaban J connectivity index is 1.89. The molecule has 0 aliphatic carbocycles. The minimum Gasteiger partial charge on any atom is -0.376 e. The molecule has 3 rings (SSSR count). The minimum absolute atomic E-state index is 0.0435. The van der Waals surface area contributed by atoms with E-state index >= 15 is 0 Å². The van der Waals surface area contributed by atoms with Crippen LogP contribution in [0.2, 0.25) is 0 Å². The summed E-state index contributed by atoms with van der Waals surface area (Å²) in [6, 6.07) is 14.7. The Morgan fingerprint density at radius 2 is 1.78 bits per heavy atom. The molecule has 2 N–H and O–H groups in total. The third kappa shape index (κ3) is 3.00. The fourth-order valence-electron chi connectivity index (χ4n) is 3.19. The number of aromatic nitrogens is 1. The number of hydrogen-bond acceptors (Lipinski definition) is 2. The summed E-state index contributed by atoms with van der Waals surface area (Å²) >= 11 is 0. The van der Waals surface area contributed by atoms with Crippen molar-refractivity contribution in [3.63, 3.8) is 0 Å². The lowest BCUT2D eigenvalue weighted by molar-refractivity contribution is 0.990. The standard InChI is InChI=1S/C20H22N2O/c1-4-18-13(2)19(20(23)22-14(18)3)21-12-15-9-10-16-7-5-6-8-17(16)11-15/h5-11,21H,4,12H2,1-3H3,(H,22,23). The van der Waals surface area contributed by atoms with E-state index in [0.717, 1.165) is 17.7 Å². The molecule has 0 spiro atoms. The molecule has 3 nitrogen and oxygen atoms in total. The Morgan fingerprint density at radius 1 is 1.04 bits per heavy atom. The Morgan fingerprint density at radius 3 is 2.52 bits per heavy atom. The van der Waals surface area contributed by atoms with Crippen molar-refractivity contribution in [3.05, 3.63) is 75.2 Å². The van der Waals surface area contributed by atoms with E-state index in [1.54, 1.807) is 0 Å². The predicted octanol–water partition coefficient (Wildman–Crippen LogP) is 4.32. The summed E-state index contributed by atoms with van der Waals surface area (Å²) in [7, 11) is 0. The van der Waals surface area contributed by atoms with Crippen molar-refractivity contribution in [1.29, 1.82) is 0 Å². The molecule has 1 heterocycles. The van der Waals surface area contributed by atoms with Crippen LogP contribution in [-0.4, -0.2) is 4.98 Å². The van der Waals surface area contributed by atoms with Crippen molar-refractivity contribution in [2.45, 2.75) is 33.7 Å². The first kappa shape index (κ1) is 15.3. The largest absolute Gasteiger partial charge is 0.376 e. The van der Waals surface area contributed by atoms with Crippen molar-refractivity contribution in [3.8, 4) is 0 Å². The number of fused-ring (bicyclic) bond motifs is 1. The maximum absolute atomic E-state index is 12.2. The molecule has 0 saturated carbocycles. The molecule has 0 fully saturated rings. The lowest BCUT2D eigenvalue weighted by atomic mass is 10.0. The highest BCUT2D eigenvalue weighted by Gasteiger charge is 2.10. The van der Waals surface area contributed by atoms with Gasteiger partial charge in [-0.15, -0.1) is 0 Å². The summed E-state index contributed by atoms with van der Waals surface area (Å²) in [4.78, 5) is 15.2. The van der Waals surface area contributed by atoms with E-state index < -0.39 is 0 Å². The van der Waals surface area contributed by atoms with Gasteiger partial charge in [0, 0.05) is 12.2 Å². The van der Waals surface area contributed by atoms with E-state index in [1.807, 2.05) is 26.0 Å². The molecule has 0 aliphatic rings. The topological polar surface area (TPSA) is 44.9 Å². The van der Waals surface area contributed by atoms with E-state index in [0.29, 0.717) is 12.2 Å². The molecule has 0 unspecified atom stereocenters. The average Bonchev–Trinajstić information content (AvgIpc) is 2.54. The van der Waals surface area contributed by atoms with Gasteiger partial charge in [-0.05, 0) is 53.8 Å². The van der Waals surface area contributed by atoms with Gasteiger partial charge in [0.05, 0.1) is 0 Å². The Hall–Kier alpha value is -2.55. The van der Waals surface area contributed by atoms with Gasteiger partial charge in [-0.1, -0.05) is 43.3 Å². The van der Waals surface area contributed by atoms with Crippen LogP contribution in [0.1, 0.15) is 29.3 Å². The summed E-state index contributed by atoms with van der Waals surface area (Å²) in [6.45, 7) is 6.73. The van der Waals surface area contributed by atoms with Gasteiger partial charge in [0.25, 0.3) is 5.56 Å². The van der Waals surface area contributed by atoms with Crippen LogP contribution >= 0.6 is 0 Å². The van der Waals surface area contributed by atoms with Gasteiger partial charge in [-0.25, -0.2) is 0 Å². The molecule has 118 valence electrons. The summed E-state index contributed by atoms with van der Waals surface area (Å²) in [5, 5.41) is 5.77. The first-order chi connectivity index (χ1) is 11.1. The highest BCUT2D eigenvalue weighted by Crippen LogP contribution is 2.20.